The number of anilines is 1. The van der Waals surface area contributed by atoms with Crippen molar-refractivity contribution in [1.29, 1.82) is 0 Å². The van der Waals surface area contributed by atoms with Crippen LogP contribution in [0.4, 0.5) is 5.69 Å². The van der Waals surface area contributed by atoms with E-state index in [1.165, 1.54) is 0 Å². The summed E-state index contributed by atoms with van der Waals surface area (Å²) < 4.78 is 37.0. The molecule has 44 heavy (non-hydrogen) atoms. The molecule has 2 heterocycles. The number of benzene rings is 4. The van der Waals surface area contributed by atoms with Crippen LogP contribution in [0.5, 0.6) is 0 Å². The Morgan fingerprint density at radius 2 is 1.66 bits per heavy atom. The number of nitrogens with zero attached hydrogens (tertiary/aromatic N) is 2. The first kappa shape index (κ1) is 29.9. The van der Waals surface area contributed by atoms with E-state index in [1.54, 1.807) is 12.1 Å². The molecule has 0 bridgehead atoms. The molecule has 0 amide bonds. The maximum atomic E-state index is 13.6. The molecule has 8 nitrogen and oxygen atoms in total. The Kier molecular flexibility index (Phi) is 8.70. The second kappa shape index (κ2) is 12.8. The van der Waals surface area contributed by atoms with Gasteiger partial charge in [-0.25, -0.2) is 13.2 Å². The molecule has 0 spiro atoms. The van der Waals surface area contributed by atoms with Crippen molar-refractivity contribution in [3.8, 4) is 0 Å². The van der Waals surface area contributed by atoms with Gasteiger partial charge in [0.15, 0.2) is 0 Å². The molecule has 0 atom stereocenters. The topological polar surface area (TPSA) is 107 Å². The lowest BCUT2D eigenvalue weighted by Crippen LogP contribution is -2.32. The summed E-state index contributed by atoms with van der Waals surface area (Å²) in [7, 11) is -1.56. The summed E-state index contributed by atoms with van der Waals surface area (Å²) in [5, 5.41) is 2.78. The third-order valence-corrected chi connectivity index (χ3v) is 9.71. The van der Waals surface area contributed by atoms with Crippen LogP contribution in [0, 0.1) is 5.92 Å². The largest absolute Gasteiger partial charge is 0.461 e. The Morgan fingerprint density at radius 3 is 2.43 bits per heavy atom. The summed E-state index contributed by atoms with van der Waals surface area (Å²) >= 11 is 0. The van der Waals surface area contributed by atoms with Crippen molar-refractivity contribution in [2.75, 3.05) is 31.5 Å². The van der Waals surface area contributed by atoms with Gasteiger partial charge < -0.3 is 19.9 Å². The number of carbonyl (C=O) groups is 1. The summed E-state index contributed by atoms with van der Waals surface area (Å²) in [6.45, 7) is 3.11. The first-order valence-corrected chi connectivity index (χ1v) is 16.7. The molecule has 1 aromatic heterocycles. The predicted octanol–water partition coefficient (Wildman–Crippen LogP) is 5.74. The highest BCUT2D eigenvalue weighted by atomic mass is 32.2. The Hall–Kier alpha value is -4.18. The van der Waals surface area contributed by atoms with Crippen LogP contribution in [0.1, 0.15) is 40.0 Å². The number of aromatic nitrogens is 1. The van der Waals surface area contributed by atoms with E-state index < -0.39 is 10.0 Å². The van der Waals surface area contributed by atoms with Crippen molar-refractivity contribution in [3.63, 3.8) is 0 Å². The average Bonchev–Trinajstić information content (AvgIpc) is 3.38. The number of piperidine rings is 1. The number of hydrogen-bond acceptors (Lipinski definition) is 6. The van der Waals surface area contributed by atoms with Gasteiger partial charge >= 0.3 is 5.97 Å². The molecular formula is C35H38N4O4S. The van der Waals surface area contributed by atoms with Crippen molar-refractivity contribution in [3.05, 3.63) is 113 Å². The molecule has 3 N–H and O–H groups in total. The molecule has 9 heteroatoms. The van der Waals surface area contributed by atoms with Gasteiger partial charge in [0.2, 0.25) is 10.0 Å². The van der Waals surface area contributed by atoms with Gasteiger partial charge in [0, 0.05) is 29.7 Å². The zero-order chi connectivity index (χ0) is 30.7. The van der Waals surface area contributed by atoms with Crippen LogP contribution < -0.4 is 10.5 Å². The Morgan fingerprint density at radius 1 is 0.909 bits per heavy atom. The van der Waals surface area contributed by atoms with Gasteiger partial charge in [-0.15, -0.1) is 0 Å². The van der Waals surface area contributed by atoms with Crippen LogP contribution in [0.3, 0.4) is 0 Å². The highest BCUT2D eigenvalue weighted by molar-refractivity contribution is 7.91. The first-order chi connectivity index (χ1) is 21.3. The lowest BCUT2D eigenvalue weighted by molar-refractivity contribution is 0.0373. The Labute approximate surface area is 258 Å². The maximum absolute atomic E-state index is 13.6. The second-order valence-electron chi connectivity index (χ2n) is 11.8. The molecule has 0 saturated carbocycles. The van der Waals surface area contributed by atoms with Gasteiger partial charge in [0.1, 0.15) is 5.69 Å². The molecule has 6 rings (SSSR count). The summed E-state index contributed by atoms with van der Waals surface area (Å²) in [6, 6.07) is 28.5. The smallest absolute Gasteiger partial charge is 0.355 e. The van der Waals surface area contributed by atoms with Gasteiger partial charge in [-0.2, -0.15) is 0 Å². The predicted molar refractivity (Wildman–Crippen MR) is 176 cm³/mol. The Bertz CT molecular complexity index is 1890. The number of carbonyl (C=O) groups excluding carboxylic acids is 1. The van der Waals surface area contributed by atoms with Crippen LogP contribution in [0.2, 0.25) is 0 Å². The van der Waals surface area contributed by atoms with E-state index >= 15 is 0 Å². The molecular weight excluding hydrogens is 572 g/mol. The lowest BCUT2D eigenvalue weighted by atomic mass is 9.98. The van der Waals surface area contributed by atoms with Crippen LogP contribution in [0.15, 0.2) is 91.0 Å². The van der Waals surface area contributed by atoms with E-state index in [-0.39, 0.29) is 11.7 Å². The van der Waals surface area contributed by atoms with Gasteiger partial charge in [0.05, 0.1) is 12.4 Å². The van der Waals surface area contributed by atoms with Crippen LogP contribution >= 0.6 is 0 Å². The molecule has 228 valence electrons. The molecule has 0 unspecified atom stereocenters. The summed E-state index contributed by atoms with van der Waals surface area (Å²) in [6.07, 6.45) is 2.01. The van der Waals surface area contributed by atoms with E-state index in [1.807, 2.05) is 83.4 Å². The number of nitrogens with one attached hydrogen (secondary N) is 1. The molecule has 5 aromatic rings. The molecule has 1 aliphatic rings. The fourth-order valence-corrected chi connectivity index (χ4v) is 7.20. The van der Waals surface area contributed by atoms with Crippen molar-refractivity contribution in [2.24, 2.45) is 11.7 Å². The number of ether oxygens (including phenoxy) is 1. The normalized spacial score (nSPS) is 14.7. The number of esters is 1. The molecule has 1 fully saturated rings. The zero-order valence-electron chi connectivity index (χ0n) is 24.9. The average molecular weight is 611 g/mol. The van der Waals surface area contributed by atoms with Gasteiger partial charge in [-0.05, 0) is 90.6 Å². The Balaban J connectivity index is 1.35. The number of hydrogen-bond donors (Lipinski definition) is 2. The zero-order valence-corrected chi connectivity index (χ0v) is 25.7. The summed E-state index contributed by atoms with van der Waals surface area (Å²) in [5.74, 6) is -0.146. The quantitative estimate of drug-likeness (QED) is 0.195. The van der Waals surface area contributed by atoms with E-state index in [9.17, 15) is 13.2 Å². The summed E-state index contributed by atoms with van der Waals surface area (Å²) in [5.41, 5.74) is 10.3. The van der Waals surface area contributed by atoms with Crippen molar-refractivity contribution in [2.45, 2.75) is 31.7 Å². The number of fused-ring (bicyclic) bond motifs is 2. The van der Waals surface area contributed by atoms with E-state index in [0.717, 1.165) is 58.7 Å². The number of likely N-dealkylation sites (tertiary alicyclic amines) is 1. The molecule has 4 aromatic carbocycles. The number of rotatable bonds is 10. The lowest BCUT2D eigenvalue weighted by Gasteiger charge is -2.28. The third kappa shape index (κ3) is 6.80. The van der Waals surface area contributed by atoms with Gasteiger partial charge in [0.25, 0.3) is 0 Å². The third-order valence-electron chi connectivity index (χ3n) is 8.45. The van der Waals surface area contributed by atoms with Crippen LogP contribution in [0.25, 0.3) is 21.7 Å². The molecule has 1 saturated heterocycles. The minimum atomic E-state index is -3.67. The minimum absolute atomic E-state index is 0.132. The molecule has 0 radical (unpaired) electrons. The monoisotopic (exact) mass is 610 g/mol. The minimum Gasteiger partial charge on any atom is -0.461 e. The van der Waals surface area contributed by atoms with Crippen LogP contribution in [-0.2, 0) is 33.6 Å². The first-order valence-electron chi connectivity index (χ1n) is 15.0. The standard InChI is InChI=1S/C35H38N4O4S/c1-38-15-13-25(14-16-38)23-43-35(40)34-20-29-12-11-27(21-36)17-33(29)39(34)22-30-19-31(18-28-9-5-6-10-32(28)30)37-44(41,42)24-26-7-3-2-4-8-26/h2-12,17-20,25,37H,13-16,21-24,36H2,1H3. The van der Waals surface area contributed by atoms with Crippen molar-refractivity contribution >= 4 is 43.4 Å². The number of sulfonamides is 1. The maximum Gasteiger partial charge on any atom is 0.355 e. The van der Waals surface area contributed by atoms with E-state index in [0.29, 0.717) is 42.6 Å². The van der Waals surface area contributed by atoms with E-state index in [2.05, 4.69) is 16.7 Å². The highest BCUT2D eigenvalue weighted by Gasteiger charge is 2.23. The summed E-state index contributed by atoms with van der Waals surface area (Å²) in [4.78, 5) is 15.9. The van der Waals surface area contributed by atoms with Crippen LogP contribution in [-0.4, -0.2) is 50.6 Å². The van der Waals surface area contributed by atoms with Crippen molar-refractivity contribution < 1.29 is 17.9 Å². The molecule has 1 aliphatic heterocycles. The molecule has 0 aliphatic carbocycles. The van der Waals surface area contributed by atoms with Gasteiger partial charge in [-0.3, -0.25) is 4.72 Å². The fraction of sp³-hybridized carbons (Fsp3) is 0.286. The van der Waals surface area contributed by atoms with E-state index in [4.69, 9.17) is 10.5 Å². The highest BCUT2D eigenvalue weighted by Crippen LogP contribution is 2.30. The SMILES string of the molecule is CN1CCC(COC(=O)c2cc3ccc(CN)cc3n2Cc2cc(NS(=O)(=O)Cc3ccccc3)cc3ccccc23)CC1. The van der Waals surface area contributed by atoms with Gasteiger partial charge in [-0.1, -0.05) is 66.7 Å². The van der Waals surface area contributed by atoms with Crippen molar-refractivity contribution in [1.82, 2.24) is 9.47 Å². The fourth-order valence-electron chi connectivity index (χ4n) is 6.02. The second-order valence-corrected chi connectivity index (χ2v) is 13.5. The number of nitrogens with two attached hydrogens (primary N) is 1.